The second-order valence-electron chi connectivity index (χ2n) is 5.09. The minimum atomic E-state index is 0.0110. The van der Waals surface area contributed by atoms with Gasteiger partial charge in [-0.2, -0.15) is 0 Å². The summed E-state index contributed by atoms with van der Waals surface area (Å²) in [5, 5.41) is 2.96. The molecule has 0 bridgehead atoms. The van der Waals surface area contributed by atoms with E-state index in [0.29, 0.717) is 18.7 Å². The number of methoxy groups -OCH3 is 1. The van der Waals surface area contributed by atoms with Crippen molar-refractivity contribution in [2.45, 2.75) is 13.3 Å². The number of carbonyl (C=O) groups excluding carboxylic acids is 1. The highest BCUT2D eigenvalue weighted by Crippen LogP contribution is 2.40. The Kier molecular flexibility index (Phi) is 3.52. The van der Waals surface area contributed by atoms with Crippen molar-refractivity contribution in [2.24, 2.45) is 0 Å². The number of fused-ring (bicyclic) bond motifs is 1. The van der Waals surface area contributed by atoms with Crippen molar-refractivity contribution in [3.05, 3.63) is 48.0 Å². The molecular formula is C17H18N2O2. The molecule has 1 amide bonds. The average Bonchev–Trinajstić information content (AvgIpc) is 2.66. The number of hydrogen-bond donors (Lipinski definition) is 1. The first-order valence-electron chi connectivity index (χ1n) is 7.00. The van der Waals surface area contributed by atoms with E-state index >= 15 is 0 Å². The molecule has 0 spiro atoms. The van der Waals surface area contributed by atoms with E-state index in [1.807, 2.05) is 30.3 Å². The Balaban J connectivity index is 2.16. The van der Waals surface area contributed by atoms with Gasteiger partial charge in [0.05, 0.1) is 12.8 Å². The molecule has 108 valence electrons. The van der Waals surface area contributed by atoms with Gasteiger partial charge in [0.15, 0.2) is 0 Å². The van der Waals surface area contributed by atoms with Gasteiger partial charge in [-0.25, -0.2) is 0 Å². The smallest absolute Gasteiger partial charge is 0.226 e. The number of amides is 1. The van der Waals surface area contributed by atoms with E-state index in [1.54, 1.807) is 7.11 Å². The Morgan fingerprint density at radius 2 is 1.86 bits per heavy atom. The third kappa shape index (κ3) is 2.44. The molecule has 4 nitrogen and oxygen atoms in total. The molecule has 21 heavy (non-hydrogen) atoms. The van der Waals surface area contributed by atoms with Crippen molar-refractivity contribution in [2.75, 3.05) is 23.9 Å². The lowest BCUT2D eigenvalue weighted by molar-refractivity contribution is -0.115. The summed E-state index contributed by atoms with van der Waals surface area (Å²) in [6.07, 6.45) is 0.451. The van der Waals surface area contributed by atoms with Crippen molar-refractivity contribution in [3.8, 4) is 5.75 Å². The van der Waals surface area contributed by atoms with E-state index in [4.69, 9.17) is 4.74 Å². The Bertz CT molecular complexity index is 682. The molecule has 3 rings (SSSR count). The van der Waals surface area contributed by atoms with E-state index in [9.17, 15) is 4.79 Å². The van der Waals surface area contributed by atoms with Gasteiger partial charge >= 0.3 is 0 Å². The highest BCUT2D eigenvalue weighted by atomic mass is 16.5. The fraction of sp³-hybridized carbons (Fsp3) is 0.235. The van der Waals surface area contributed by atoms with Crippen molar-refractivity contribution >= 4 is 23.0 Å². The van der Waals surface area contributed by atoms with E-state index < -0.39 is 0 Å². The van der Waals surface area contributed by atoms with Crippen molar-refractivity contribution in [3.63, 3.8) is 0 Å². The molecule has 0 saturated carbocycles. The van der Waals surface area contributed by atoms with Crippen LogP contribution >= 0.6 is 0 Å². The van der Waals surface area contributed by atoms with E-state index in [1.165, 1.54) is 5.56 Å². The minimum Gasteiger partial charge on any atom is -0.494 e. The second-order valence-corrected chi connectivity index (χ2v) is 5.09. The SMILES string of the molecule is COc1cccc2c1NC(=O)CCN2c1ccccc1C. The summed E-state index contributed by atoms with van der Waals surface area (Å²) < 4.78 is 5.39. The number of carbonyl (C=O) groups is 1. The monoisotopic (exact) mass is 282 g/mol. The van der Waals surface area contributed by atoms with Crippen LogP contribution in [0.1, 0.15) is 12.0 Å². The Labute approximate surface area is 124 Å². The first kappa shape index (κ1) is 13.5. The topological polar surface area (TPSA) is 41.6 Å². The van der Waals surface area contributed by atoms with Crippen LogP contribution in [0.5, 0.6) is 5.75 Å². The molecule has 2 aromatic carbocycles. The summed E-state index contributed by atoms with van der Waals surface area (Å²) in [7, 11) is 1.62. The van der Waals surface area contributed by atoms with Gasteiger partial charge in [0.1, 0.15) is 11.4 Å². The predicted molar refractivity (Wildman–Crippen MR) is 84.4 cm³/mol. The van der Waals surface area contributed by atoms with Crippen LogP contribution in [0.2, 0.25) is 0 Å². The Morgan fingerprint density at radius 3 is 2.62 bits per heavy atom. The lowest BCUT2D eigenvalue weighted by Crippen LogP contribution is -2.19. The van der Waals surface area contributed by atoms with E-state index in [2.05, 4.69) is 29.3 Å². The van der Waals surface area contributed by atoms with Crippen molar-refractivity contribution in [1.29, 1.82) is 0 Å². The molecule has 0 saturated heterocycles. The van der Waals surface area contributed by atoms with Crippen LogP contribution in [0.3, 0.4) is 0 Å². The number of nitrogens with zero attached hydrogens (tertiary/aromatic N) is 1. The fourth-order valence-corrected chi connectivity index (χ4v) is 2.69. The number of ether oxygens (including phenoxy) is 1. The minimum absolute atomic E-state index is 0.0110. The molecule has 4 heteroatoms. The van der Waals surface area contributed by atoms with Crippen LogP contribution in [-0.2, 0) is 4.79 Å². The van der Waals surface area contributed by atoms with Crippen molar-refractivity contribution in [1.82, 2.24) is 0 Å². The molecule has 0 fully saturated rings. The van der Waals surface area contributed by atoms with Gasteiger partial charge in [0.25, 0.3) is 0 Å². The molecule has 1 heterocycles. The maximum atomic E-state index is 12.0. The van der Waals surface area contributed by atoms with Crippen molar-refractivity contribution < 1.29 is 9.53 Å². The number of rotatable bonds is 2. The maximum Gasteiger partial charge on any atom is 0.226 e. The van der Waals surface area contributed by atoms with Gasteiger partial charge < -0.3 is 15.0 Å². The second kappa shape index (κ2) is 5.48. The molecule has 0 unspecified atom stereocenters. The van der Waals surface area contributed by atoms with Gasteiger partial charge in [-0.3, -0.25) is 4.79 Å². The summed E-state index contributed by atoms with van der Waals surface area (Å²) in [5.74, 6) is 0.693. The van der Waals surface area contributed by atoms with Crippen LogP contribution in [0, 0.1) is 6.92 Å². The summed E-state index contributed by atoms with van der Waals surface area (Å²) in [6, 6.07) is 14.0. The third-order valence-corrected chi connectivity index (χ3v) is 3.75. The average molecular weight is 282 g/mol. The summed E-state index contributed by atoms with van der Waals surface area (Å²) in [6.45, 7) is 2.73. The molecular weight excluding hydrogens is 264 g/mol. The quantitative estimate of drug-likeness (QED) is 0.916. The molecule has 0 aromatic heterocycles. The van der Waals surface area contributed by atoms with Gasteiger partial charge in [-0.05, 0) is 30.7 Å². The summed E-state index contributed by atoms with van der Waals surface area (Å²) in [4.78, 5) is 14.2. The molecule has 0 radical (unpaired) electrons. The third-order valence-electron chi connectivity index (χ3n) is 3.75. The summed E-state index contributed by atoms with van der Waals surface area (Å²) in [5.41, 5.74) is 4.00. The molecule has 0 atom stereocenters. The lowest BCUT2D eigenvalue weighted by atomic mass is 10.1. The normalized spacial score (nSPS) is 14.2. The van der Waals surface area contributed by atoms with Crippen LogP contribution in [0.4, 0.5) is 17.1 Å². The van der Waals surface area contributed by atoms with Crippen LogP contribution in [0.15, 0.2) is 42.5 Å². The number of aryl methyl sites for hydroxylation is 1. The molecule has 1 aliphatic heterocycles. The fourth-order valence-electron chi connectivity index (χ4n) is 2.69. The molecule has 0 aliphatic carbocycles. The molecule has 1 aliphatic rings. The summed E-state index contributed by atoms with van der Waals surface area (Å²) >= 11 is 0. The van der Waals surface area contributed by atoms with E-state index in [-0.39, 0.29) is 5.91 Å². The standard InChI is InChI=1S/C17H18N2O2/c1-12-6-3-4-7-13(12)19-11-10-16(20)18-17-14(19)8-5-9-15(17)21-2/h3-9H,10-11H2,1-2H3,(H,18,20). The van der Waals surface area contributed by atoms with Crippen LogP contribution in [0.25, 0.3) is 0 Å². The highest BCUT2D eigenvalue weighted by molar-refractivity contribution is 5.99. The zero-order valence-electron chi connectivity index (χ0n) is 12.2. The van der Waals surface area contributed by atoms with Gasteiger partial charge in [-0.1, -0.05) is 24.3 Å². The zero-order valence-corrected chi connectivity index (χ0v) is 12.2. The highest BCUT2D eigenvalue weighted by Gasteiger charge is 2.23. The lowest BCUT2D eigenvalue weighted by Gasteiger charge is -2.26. The molecule has 1 N–H and O–H groups in total. The largest absolute Gasteiger partial charge is 0.494 e. The predicted octanol–water partition coefficient (Wildman–Crippen LogP) is 3.48. The number of nitrogens with one attached hydrogen (secondary N) is 1. The van der Waals surface area contributed by atoms with E-state index in [0.717, 1.165) is 17.1 Å². The first-order chi connectivity index (χ1) is 10.2. The number of anilines is 3. The molecule has 2 aromatic rings. The first-order valence-corrected chi connectivity index (χ1v) is 7.00. The van der Waals surface area contributed by atoms with Gasteiger partial charge in [0, 0.05) is 18.7 Å². The Morgan fingerprint density at radius 1 is 1.10 bits per heavy atom. The van der Waals surface area contributed by atoms with Crippen LogP contribution < -0.4 is 15.0 Å². The number of benzene rings is 2. The van der Waals surface area contributed by atoms with Gasteiger partial charge in [0.2, 0.25) is 5.91 Å². The Hall–Kier alpha value is -2.49. The van der Waals surface area contributed by atoms with Crippen LogP contribution in [-0.4, -0.2) is 19.6 Å². The van der Waals surface area contributed by atoms with Gasteiger partial charge in [-0.15, -0.1) is 0 Å². The zero-order chi connectivity index (χ0) is 14.8. The number of hydrogen-bond acceptors (Lipinski definition) is 3. The maximum absolute atomic E-state index is 12.0. The number of para-hydroxylation sites is 2.